The molecule has 140 valence electrons. The van der Waals surface area contributed by atoms with E-state index < -0.39 is 0 Å². The van der Waals surface area contributed by atoms with Gasteiger partial charge in [0.2, 0.25) is 5.91 Å². The number of furan rings is 1. The van der Waals surface area contributed by atoms with E-state index in [2.05, 4.69) is 25.7 Å². The van der Waals surface area contributed by atoms with Crippen molar-refractivity contribution in [3.63, 3.8) is 0 Å². The smallest absolute Gasteiger partial charge is 0.246 e. The number of nitrogens with one attached hydrogen (secondary N) is 1. The van der Waals surface area contributed by atoms with Gasteiger partial charge in [0.1, 0.15) is 18.9 Å². The molecule has 2 fully saturated rings. The van der Waals surface area contributed by atoms with Gasteiger partial charge in [-0.05, 0) is 48.2 Å². The lowest BCUT2D eigenvalue weighted by Gasteiger charge is -2.38. The third-order valence-corrected chi connectivity index (χ3v) is 5.34. The Morgan fingerprint density at radius 2 is 2.15 bits per heavy atom. The minimum atomic E-state index is -0.0345. The Balaban J connectivity index is 1.38. The normalized spacial score (nSPS) is 25.5. The van der Waals surface area contributed by atoms with Gasteiger partial charge in [-0.25, -0.2) is 4.68 Å². The van der Waals surface area contributed by atoms with E-state index in [1.54, 1.807) is 18.1 Å². The Hall–Kier alpha value is -2.26. The van der Waals surface area contributed by atoms with E-state index in [0.717, 1.165) is 43.8 Å². The van der Waals surface area contributed by atoms with Crippen LogP contribution in [-0.4, -0.2) is 62.9 Å². The van der Waals surface area contributed by atoms with Gasteiger partial charge < -0.3 is 14.5 Å². The van der Waals surface area contributed by atoms with Crippen molar-refractivity contribution in [2.45, 2.75) is 56.9 Å². The molecule has 4 heterocycles. The van der Waals surface area contributed by atoms with Crippen LogP contribution in [0.2, 0.25) is 0 Å². The zero-order chi connectivity index (χ0) is 17.9. The summed E-state index contributed by atoms with van der Waals surface area (Å²) in [6, 6.07) is 4.92. The van der Waals surface area contributed by atoms with Crippen LogP contribution in [0.3, 0.4) is 0 Å². The predicted molar refractivity (Wildman–Crippen MR) is 91.0 cm³/mol. The van der Waals surface area contributed by atoms with Crippen molar-refractivity contribution < 1.29 is 13.9 Å². The van der Waals surface area contributed by atoms with Crippen molar-refractivity contribution in [1.82, 2.24) is 30.4 Å². The molecule has 2 aromatic heterocycles. The highest BCUT2D eigenvalue weighted by molar-refractivity contribution is 5.77. The maximum absolute atomic E-state index is 11.8. The van der Waals surface area contributed by atoms with Crippen molar-refractivity contribution in [1.29, 1.82) is 0 Å². The highest BCUT2D eigenvalue weighted by Gasteiger charge is 2.41. The molecular weight excluding hydrogens is 336 g/mol. The molecule has 1 unspecified atom stereocenters. The molecule has 0 aromatic carbocycles. The van der Waals surface area contributed by atoms with Crippen LogP contribution in [0.1, 0.15) is 37.3 Å². The van der Waals surface area contributed by atoms with E-state index in [1.807, 2.05) is 12.1 Å². The summed E-state index contributed by atoms with van der Waals surface area (Å²) in [4.78, 5) is 14.3. The summed E-state index contributed by atoms with van der Waals surface area (Å²) < 4.78 is 12.1. The maximum Gasteiger partial charge on any atom is 0.246 e. The molecule has 1 amide bonds. The molecule has 9 heteroatoms. The quantitative estimate of drug-likeness (QED) is 0.771. The number of piperidine rings is 1. The standard InChI is InChI=1S/C17H24N6O3/c1-25-11-17(24)18-12-7-13-4-5-14(8-12)22(13)10-16-19-20-21-23(16)9-15-3-2-6-26-15/h2-3,6,12-14H,4-5,7-11H2,1H3,(H,18,24)/t12?,13-,14+. The molecule has 3 atom stereocenters. The molecule has 2 aromatic rings. The first-order chi connectivity index (χ1) is 12.7. The Kier molecular flexibility index (Phi) is 4.98. The fourth-order valence-corrected chi connectivity index (χ4v) is 4.22. The summed E-state index contributed by atoms with van der Waals surface area (Å²) in [6.45, 7) is 1.38. The third kappa shape index (κ3) is 3.63. The minimum absolute atomic E-state index is 0.0345. The Morgan fingerprint density at radius 3 is 2.85 bits per heavy atom. The highest BCUT2D eigenvalue weighted by atomic mass is 16.5. The van der Waals surface area contributed by atoms with Gasteiger partial charge in [-0.2, -0.15) is 0 Å². The lowest BCUT2D eigenvalue weighted by molar-refractivity contribution is -0.126. The number of rotatable bonds is 7. The number of hydrogen-bond donors (Lipinski definition) is 1. The van der Waals surface area contributed by atoms with Crippen LogP contribution < -0.4 is 5.32 Å². The zero-order valence-corrected chi connectivity index (χ0v) is 14.9. The van der Waals surface area contributed by atoms with Crippen LogP contribution in [0.15, 0.2) is 22.8 Å². The van der Waals surface area contributed by atoms with Crippen LogP contribution in [0.25, 0.3) is 0 Å². The van der Waals surface area contributed by atoms with Crippen LogP contribution in [-0.2, 0) is 22.6 Å². The number of carbonyl (C=O) groups is 1. The summed E-state index contributed by atoms with van der Waals surface area (Å²) in [5, 5.41) is 15.2. The molecule has 0 radical (unpaired) electrons. The first-order valence-electron chi connectivity index (χ1n) is 9.04. The van der Waals surface area contributed by atoms with Gasteiger partial charge in [-0.15, -0.1) is 5.10 Å². The molecular formula is C17H24N6O3. The first-order valence-corrected chi connectivity index (χ1v) is 9.04. The number of hydrogen-bond acceptors (Lipinski definition) is 7. The van der Waals surface area contributed by atoms with Crippen LogP contribution in [0.5, 0.6) is 0 Å². The topological polar surface area (TPSA) is 98.3 Å². The van der Waals surface area contributed by atoms with E-state index in [4.69, 9.17) is 9.15 Å². The third-order valence-electron chi connectivity index (χ3n) is 5.34. The van der Waals surface area contributed by atoms with Crippen molar-refractivity contribution in [3.8, 4) is 0 Å². The summed E-state index contributed by atoms with van der Waals surface area (Å²) in [6.07, 6.45) is 5.89. The molecule has 1 N–H and O–H groups in total. The lowest BCUT2D eigenvalue weighted by atomic mass is 9.97. The van der Waals surface area contributed by atoms with Gasteiger partial charge in [0.25, 0.3) is 0 Å². The molecule has 2 aliphatic rings. The fourth-order valence-electron chi connectivity index (χ4n) is 4.22. The summed E-state index contributed by atoms with van der Waals surface area (Å²) >= 11 is 0. The molecule has 0 spiro atoms. The monoisotopic (exact) mass is 360 g/mol. The lowest BCUT2D eigenvalue weighted by Crippen LogP contribution is -2.50. The molecule has 2 bridgehead atoms. The summed E-state index contributed by atoms with van der Waals surface area (Å²) in [5.74, 6) is 1.65. The van der Waals surface area contributed by atoms with Gasteiger partial charge in [-0.3, -0.25) is 9.69 Å². The van der Waals surface area contributed by atoms with Gasteiger partial charge in [0.15, 0.2) is 5.82 Å². The first kappa shape index (κ1) is 17.2. The van der Waals surface area contributed by atoms with E-state index >= 15 is 0 Å². The molecule has 4 rings (SSSR count). The van der Waals surface area contributed by atoms with Gasteiger partial charge in [0.05, 0.1) is 12.8 Å². The number of tetrazole rings is 1. The van der Waals surface area contributed by atoms with Crippen molar-refractivity contribution in [2.24, 2.45) is 0 Å². The van der Waals surface area contributed by atoms with E-state index in [1.165, 1.54) is 0 Å². The maximum atomic E-state index is 11.8. The highest BCUT2D eigenvalue weighted by Crippen LogP contribution is 2.36. The number of fused-ring (bicyclic) bond motifs is 2. The van der Waals surface area contributed by atoms with E-state index in [0.29, 0.717) is 18.6 Å². The van der Waals surface area contributed by atoms with Gasteiger partial charge >= 0.3 is 0 Å². The number of amides is 1. The van der Waals surface area contributed by atoms with Gasteiger partial charge in [0, 0.05) is 25.2 Å². The van der Waals surface area contributed by atoms with E-state index in [-0.39, 0.29) is 18.6 Å². The number of nitrogens with zero attached hydrogens (tertiary/aromatic N) is 5. The van der Waals surface area contributed by atoms with Crippen LogP contribution in [0.4, 0.5) is 0 Å². The second kappa shape index (κ2) is 7.55. The van der Waals surface area contributed by atoms with Crippen LogP contribution >= 0.6 is 0 Å². The fraction of sp³-hybridized carbons (Fsp3) is 0.647. The molecule has 0 aliphatic carbocycles. The molecule has 9 nitrogen and oxygen atoms in total. The molecule has 26 heavy (non-hydrogen) atoms. The SMILES string of the molecule is COCC(=O)NC1C[C@H]2CC[C@@H](C1)N2Cc1nnnn1Cc1ccco1. The van der Waals surface area contributed by atoms with E-state index in [9.17, 15) is 4.79 Å². The Labute approximate surface area is 151 Å². The largest absolute Gasteiger partial charge is 0.467 e. The summed E-state index contributed by atoms with van der Waals surface area (Å²) in [5.41, 5.74) is 0. The van der Waals surface area contributed by atoms with Crippen molar-refractivity contribution in [2.75, 3.05) is 13.7 Å². The van der Waals surface area contributed by atoms with Crippen molar-refractivity contribution >= 4 is 5.91 Å². The average Bonchev–Trinajstić information content (AvgIpc) is 3.32. The second-order valence-electron chi connectivity index (χ2n) is 7.06. The minimum Gasteiger partial charge on any atom is -0.467 e. The van der Waals surface area contributed by atoms with Crippen LogP contribution in [0, 0.1) is 0 Å². The number of aromatic nitrogens is 4. The average molecular weight is 360 g/mol. The predicted octanol–water partition coefficient (Wildman–Crippen LogP) is 0.572. The Bertz CT molecular complexity index is 717. The van der Waals surface area contributed by atoms with Crippen molar-refractivity contribution in [3.05, 3.63) is 30.0 Å². The molecule has 2 saturated heterocycles. The summed E-state index contributed by atoms with van der Waals surface area (Å²) in [7, 11) is 1.54. The number of methoxy groups -OCH3 is 1. The number of ether oxygens (including phenoxy) is 1. The zero-order valence-electron chi connectivity index (χ0n) is 14.9. The second-order valence-corrected chi connectivity index (χ2v) is 7.06. The molecule has 0 saturated carbocycles. The Morgan fingerprint density at radius 1 is 1.35 bits per heavy atom. The number of carbonyl (C=O) groups excluding carboxylic acids is 1. The molecule has 2 aliphatic heterocycles. The van der Waals surface area contributed by atoms with Gasteiger partial charge in [-0.1, -0.05) is 0 Å².